The minimum absolute atomic E-state index is 0.000391. The van der Waals surface area contributed by atoms with Crippen molar-refractivity contribution in [3.8, 4) is 5.75 Å². The largest absolute Gasteiger partial charge is 0.598 e. The van der Waals surface area contributed by atoms with Crippen LogP contribution >= 0.6 is 15.9 Å². The van der Waals surface area contributed by atoms with E-state index in [-0.39, 0.29) is 17.9 Å². The zero-order valence-electron chi connectivity index (χ0n) is 18.3. The van der Waals surface area contributed by atoms with Gasteiger partial charge in [0, 0.05) is 22.0 Å². The molecule has 1 aromatic heterocycles. The lowest BCUT2D eigenvalue weighted by molar-refractivity contribution is -0.275. The Morgan fingerprint density at radius 2 is 1.91 bits per heavy atom. The van der Waals surface area contributed by atoms with Gasteiger partial charge in [0.1, 0.15) is 10.3 Å². The minimum atomic E-state index is -5.10. The van der Waals surface area contributed by atoms with E-state index >= 15 is 0 Å². The van der Waals surface area contributed by atoms with Crippen molar-refractivity contribution >= 4 is 33.3 Å². The number of alkyl halides is 3. The Hall–Kier alpha value is -1.89. The molecule has 0 aliphatic carbocycles. The van der Waals surface area contributed by atoms with Crippen molar-refractivity contribution in [1.82, 2.24) is 9.71 Å². The summed E-state index contributed by atoms with van der Waals surface area (Å²) >= 11 is 1.53. The van der Waals surface area contributed by atoms with Crippen LogP contribution in [0.2, 0.25) is 0 Å². The van der Waals surface area contributed by atoms with Crippen molar-refractivity contribution < 1.29 is 36.4 Å². The number of carbonyl (C=O) groups excluding carboxylic acids is 1. The van der Waals surface area contributed by atoms with Crippen LogP contribution < -0.4 is 9.46 Å². The van der Waals surface area contributed by atoms with Gasteiger partial charge in [-0.3, -0.25) is 9.78 Å². The molecule has 1 N–H and O–H groups in total. The molecule has 0 aliphatic heterocycles. The van der Waals surface area contributed by atoms with Gasteiger partial charge in [-0.25, -0.2) is 4.39 Å². The highest BCUT2D eigenvalue weighted by Crippen LogP contribution is 2.40. The van der Waals surface area contributed by atoms with Crippen LogP contribution in [0.5, 0.6) is 5.75 Å². The monoisotopic (exact) mass is 554 g/mol. The fourth-order valence-corrected chi connectivity index (χ4v) is 4.38. The number of carbonyl (C=O) groups is 1. The molecule has 0 aliphatic rings. The molecular formula is C21H23BrF4N2O4S. The molecule has 0 amide bonds. The summed E-state index contributed by atoms with van der Waals surface area (Å²) in [5, 5.41) is 0. The van der Waals surface area contributed by atoms with E-state index in [2.05, 4.69) is 30.4 Å². The molecule has 2 rings (SSSR count). The molecule has 2 aromatic rings. The van der Waals surface area contributed by atoms with Crippen LogP contribution in [0.15, 0.2) is 41.0 Å². The molecule has 182 valence electrons. The normalized spacial score (nSPS) is 15.0. The lowest BCUT2D eigenvalue weighted by Gasteiger charge is -2.37. The standard InChI is InChI=1S/C21H23BrF4N2O4S/c1-5-31-17(29)12-20(28-33(30)19(2,3)4,18-14(22)7-6-10-27-18)13-8-9-16(15(23)11-13)32-21(24,25)26/h6-11,28H,5,12H2,1-4H3/t20-,33?/m0/s1. The highest BCUT2D eigenvalue weighted by atomic mass is 79.9. The van der Waals surface area contributed by atoms with Crippen molar-refractivity contribution in [1.29, 1.82) is 0 Å². The highest BCUT2D eigenvalue weighted by molar-refractivity contribution is 9.10. The first kappa shape index (κ1) is 27.4. The molecule has 1 heterocycles. The average Bonchev–Trinajstić information content (AvgIpc) is 2.67. The van der Waals surface area contributed by atoms with Crippen LogP contribution in [0.3, 0.4) is 0 Å². The second kappa shape index (κ2) is 10.6. The predicted octanol–water partition coefficient (Wildman–Crippen LogP) is 5.13. The van der Waals surface area contributed by atoms with E-state index < -0.39 is 52.0 Å². The molecular weight excluding hydrogens is 532 g/mol. The topological polar surface area (TPSA) is 83.5 Å². The van der Waals surface area contributed by atoms with Crippen LogP contribution in [0.1, 0.15) is 45.4 Å². The Kier molecular flexibility index (Phi) is 8.77. The molecule has 12 heteroatoms. The van der Waals surface area contributed by atoms with Gasteiger partial charge < -0.3 is 14.0 Å². The summed E-state index contributed by atoms with van der Waals surface area (Å²) in [5.41, 5.74) is -1.55. The smallest absolute Gasteiger partial charge is 0.573 e. The minimum Gasteiger partial charge on any atom is -0.598 e. The highest BCUT2D eigenvalue weighted by Gasteiger charge is 2.47. The lowest BCUT2D eigenvalue weighted by Crippen LogP contribution is -2.53. The number of halogens is 5. The van der Waals surface area contributed by atoms with Crippen LogP contribution in [-0.2, 0) is 26.4 Å². The molecule has 1 unspecified atom stereocenters. The second-order valence-corrected chi connectivity index (χ2v) is 10.7. The molecule has 1 aromatic carbocycles. The van der Waals surface area contributed by atoms with Crippen LogP contribution in [0, 0.1) is 5.82 Å². The van der Waals surface area contributed by atoms with E-state index in [9.17, 15) is 26.9 Å². The Labute approximate surface area is 200 Å². The number of nitrogens with zero attached hydrogens (tertiary/aromatic N) is 1. The molecule has 0 saturated carbocycles. The first-order chi connectivity index (χ1) is 15.2. The number of esters is 1. The van der Waals surface area contributed by atoms with Crippen molar-refractivity contribution in [2.24, 2.45) is 0 Å². The molecule has 0 fully saturated rings. The average molecular weight is 555 g/mol. The molecule has 33 heavy (non-hydrogen) atoms. The zero-order chi connectivity index (χ0) is 25.0. The fourth-order valence-electron chi connectivity index (χ4n) is 2.88. The van der Waals surface area contributed by atoms with Gasteiger partial charge in [0.05, 0.1) is 18.7 Å². The zero-order valence-corrected chi connectivity index (χ0v) is 20.7. The fraction of sp³-hybridized carbons (Fsp3) is 0.429. The summed E-state index contributed by atoms with van der Waals surface area (Å²) in [6.45, 7) is 6.69. The van der Waals surface area contributed by atoms with E-state index in [0.29, 0.717) is 4.47 Å². The van der Waals surface area contributed by atoms with E-state index in [0.717, 1.165) is 18.2 Å². The second-order valence-electron chi connectivity index (χ2n) is 7.90. The number of hydrogen-bond acceptors (Lipinski definition) is 6. The van der Waals surface area contributed by atoms with Crippen LogP contribution in [-0.4, -0.2) is 33.2 Å². The van der Waals surface area contributed by atoms with Crippen molar-refractivity contribution in [3.05, 3.63) is 58.1 Å². The van der Waals surface area contributed by atoms with Gasteiger partial charge >= 0.3 is 12.3 Å². The number of nitrogens with one attached hydrogen (secondary N) is 1. The van der Waals surface area contributed by atoms with Gasteiger partial charge in [0.2, 0.25) is 0 Å². The predicted molar refractivity (Wildman–Crippen MR) is 118 cm³/mol. The summed E-state index contributed by atoms with van der Waals surface area (Å²) in [7, 11) is 0. The summed E-state index contributed by atoms with van der Waals surface area (Å²) in [4.78, 5) is 16.9. The lowest BCUT2D eigenvalue weighted by atomic mass is 9.84. The van der Waals surface area contributed by atoms with E-state index in [1.165, 1.54) is 6.20 Å². The van der Waals surface area contributed by atoms with Gasteiger partial charge in [-0.05, 0) is 73.5 Å². The Balaban J connectivity index is 2.76. The number of benzene rings is 1. The van der Waals surface area contributed by atoms with Gasteiger partial charge in [0.15, 0.2) is 11.6 Å². The maximum atomic E-state index is 14.7. The Bertz CT molecular complexity index is 987. The number of hydrogen-bond donors (Lipinski definition) is 1. The van der Waals surface area contributed by atoms with Gasteiger partial charge in [0.25, 0.3) is 0 Å². The molecule has 0 radical (unpaired) electrons. The molecule has 0 bridgehead atoms. The maximum Gasteiger partial charge on any atom is 0.573 e. The molecule has 0 saturated heterocycles. The van der Waals surface area contributed by atoms with E-state index in [1.54, 1.807) is 39.8 Å². The van der Waals surface area contributed by atoms with Crippen molar-refractivity contribution in [3.63, 3.8) is 0 Å². The van der Waals surface area contributed by atoms with Crippen LogP contribution in [0.25, 0.3) is 0 Å². The van der Waals surface area contributed by atoms with Gasteiger partial charge in [-0.2, -0.15) is 0 Å². The van der Waals surface area contributed by atoms with Gasteiger partial charge in [-0.15, -0.1) is 17.9 Å². The quantitative estimate of drug-likeness (QED) is 0.276. The summed E-state index contributed by atoms with van der Waals surface area (Å²) in [6, 6.07) is 5.94. The Morgan fingerprint density at radius 3 is 2.42 bits per heavy atom. The summed E-state index contributed by atoms with van der Waals surface area (Å²) < 4.78 is 76.9. The molecule has 0 spiro atoms. The third-order valence-electron chi connectivity index (χ3n) is 4.35. The third-order valence-corrected chi connectivity index (χ3v) is 6.64. The first-order valence-corrected chi connectivity index (χ1v) is 11.7. The first-order valence-electron chi connectivity index (χ1n) is 9.71. The summed E-state index contributed by atoms with van der Waals surface area (Å²) in [6.07, 6.45) is -4.16. The maximum absolute atomic E-state index is 14.7. The number of rotatable bonds is 8. The molecule has 6 nitrogen and oxygen atoms in total. The molecule has 2 atom stereocenters. The third kappa shape index (κ3) is 7.05. The van der Waals surface area contributed by atoms with Crippen molar-refractivity contribution in [2.75, 3.05) is 6.61 Å². The SMILES string of the molecule is CCOC(=O)C[C@](N[S+]([O-])C(C)(C)C)(c1ccc(OC(F)(F)F)c(F)c1)c1ncccc1Br. The number of aromatic nitrogens is 1. The van der Waals surface area contributed by atoms with Crippen molar-refractivity contribution in [2.45, 2.75) is 50.8 Å². The Morgan fingerprint density at radius 1 is 1.24 bits per heavy atom. The van der Waals surface area contributed by atoms with Gasteiger partial charge in [-0.1, -0.05) is 6.07 Å². The van der Waals surface area contributed by atoms with E-state index in [1.807, 2.05) is 0 Å². The van der Waals surface area contributed by atoms with Crippen LogP contribution in [0.4, 0.5) is 17.6 Å². The van der Waals surface area contributed by atoms with E-state index in [4.69, 9.17) is 4.74 Å². The number of pyridine rings is 1. The summed E-state index contributed by atoms with van der Waals surface area (Å²) in [5.74, 6) is -3.09. The number of ether oxygens (including phenoxy) is 2.